The third-order valence-electron chi connectivity index (χ3n) is 5.96. The molecular formula is C26H21N3O4. The Kier molecular flexibility index (Phi) is 4.94. The van der Waals surface area contributed by atoms with Crippen molar-refractivity contribution in [3.8, 4) is 0 Å². The maximum absolute atomic E-state index is 12.7. The molecule has 3 aromatic carbocycles. The first-order chi connectivity index (χ1) is 16.0. The molecule has 1 amide bonds. The summed E-state index contributed by atoms with van der Waals surface area (Å²) in [5, 5.41) is 17.4. The molecule has 33 heavy (non-hydrogen) atoms. The fourth-order valence-corrected chi connectivity index (χ4v) is 4.30. The van der Waals surface area contributed by atoms with E-state index in [1.54, 1.807) is 23.8 Å². The predicted octanol–water partition coefficient (Wildman–Crippen LogP) is 5.26. The van der Waals surface area contributed by atoms with E-state index >= 15 is 0 Å². The number of aromatic nitrogens is 1. The summed E-state index contributed by atoms with van der Waals surface area (Å²) in [5.74, 6) is -1.22. The first-order valence-electron chi connectivity index (χ1n) is 10.5. The molecule has 5 aromatic rings. The zero-order chi connectivity index (χ0) is 23.1. The molecule has 1 atom stereocenters. The number of nitrogens with zero attached hydrogens (tertiary/aromatic N) is 2. The van der Waals surface area contributed by atoms with Crippen LogP contribution in [0.3, 0.4) is 0 Å². The third-order valence-corrected chi connectivity index (χ3v) is 5.96. The number of nitrogens with one attached hydrogen (secondary N) is 1. The molecule has 0 aliphatic heterocycles. The predicted molar refractivity (Wildman–Crippen MR) is 128 cm³/mol. The summed E-state index contributed by atoms with van der Waals surface area (Å²) < 4.78 is 7.50. The van der Waals surface area contributed by atoms with Gasteiger partial charge in [0.2, 0.25) is 0 Å². The molecule has 0 spiro atoms. The van der Waals surface area contributed by atoms with E-state index in [0.717, 1.165) is 38.3 Å². The van der Waals surface area contributed by atoms with Crippen LogP contribution in [0.4, 0.5) is 0 Å². The second kappa shape index (κ2) is 7.94. The minimum absolute atomic E-state index is 0.164. The molecule has 0 aliphatic rings. The number of fused-ring (bicyclic) bond motifs is 4. The number of benzene rings is 3. The van der Waals surface area contributed by atoms with Crippen LogP contribution in [0.2, 0.25) is 0 Å². The van der Waals surface area contributed by atoms with E-state index in [1.165, 1.54) is 0 Å². The van der Waals surface area contributed by atoms with E-state index in [2.05, 4.69) is 10.5 Å². The van der Waals surface area contributed by atoms with Crippen molar-refractivity contribution in [2.75, 3.05) is 0 Å². The lowest BCUT2D eigenvalue weighted by atomic mass is 10.1. The summed E-state index contributed by atoms with van der Waals surface area (Å²) in [5.41, 5.74) is 5.44. The van der Waals surface area contributed by atoms with Gasteiger partial charge in [-0.3, -0.25) is 4.79 Å². The molecule has 0 saturated carbocycles. The molecule has 2 heterocycles. The van der Waals surface area contributed by atoms with Crippen molar-refractivity contribution in [1.29, 1.82) is 0 Å². The molecule has 0 aliphatic carbocycles. The van der Waals surface area contributed by atoms with Gasteiger partial charge in [-0.05, 0) is 42.8 Å². The molecule has 0 saturated heterocycles. The van der Waals surface area contributed by atoms with Gasteiger partial charge in [-0.25, -0.2) is 10.2 Å². The van der Waals surface area contributed by atoms with Gasteiger partial charge in [0.05, 0.1) is 6.21 Å². The summed E-state index contributed by atoms with van der Waals surface area (Å²) in [6.07, 6.45) is 1.54. The Hall–Kier alpha value is -4.39. The van der Waals surface area contributed by atoms with Gasteiger partial charge in [0, 0.05) is 27.5 Å². The number of rotatable bonds is 5. The van der Waals surface area contributed by atoms with Gasteiger partial charge < -0.3 is 14.1 Å². The number of carboxylic acid groups (broad SMARTS) is 1. The highest BCUT2D eigenvalue weighted by Crippen LogP contribution is 2.29. The number of furan rings is 1. The fourth-order valence-electron chi connectivity index (χ4n) is 4.30. The van der Waals surface area contributed by atoms with Crippen molar-refractivity contribution in [3.63, 3.8) is 0 Å². The second-order valence-corrected chi connectivity index (χ2v) is 7.91. The number of aliphatic carboxylic acids is 1. The number of para-hydroxylation sites is 1. The SMILES string of the molecule is Cc1c(/C=N/NC(=O)c2cc3c(ccc4ccccc43)o2)c2ccccc2n1C(C)C(=O)O. The van der Waals surface area contributed by atoms with Crippen molar-refractivity contribution in [2.24, 2.45) is 5.10 Å². The Morgan fingerprint density at radius 3 is 2.55 bits per heavy atom. The first-order valence-corrected chi connectivity index (χ1v) is 10.5. The Morgan fingerprint density at radius 2 is 1.76 bits per heavy atom. The molecule has 7 nitrogen and oxygen atoms in total. The van der Waals surface area contributed by atoms with Crippen LogP contribution in [0.15, 0.2) is 76.2 Å². The lowest BCUT2D eigenvalue weighted by Crippen LogP contribution is -2.17. The Morgan fingerprint density at radius 1 is 1.03 bits per heavy atom. The third kappa shape index (κ3) is 3.43. The smallest absolute Gasteiger partial charge is 0.326 e. The Balaban J connectivity index is 1.45. The first kappa shape index (κ1) is 20.5. The summed E-state index contributed by atoms with van der Waals surface area (Å²) in [6.45, 7) is 3.47. The summed E-state index contributed by atoms with van der Waals surface area (Å²) in [6, 6.07) is 20.2. The van der Waals surface area contributed by atoms with Crippen LogP contribution in [0.25, 0.3) is 32.6 Å². The molecule has 1 unspecified atom stereocenters. The maximum Gasteiger partial charge on any atom is 0.326 e. The van der Waals surface area contributed by atoms with E-state index in [-0.39, 0.29) is 5.76 Å². The number of hydrogen-bond donors (Lipinski definition) is 2. The van der Waals surface area contributed by atoms with Crippen molar-refractivity contribution in [1.82, 2.24) is 9.99 Å². The van der Waals surface area contributed by atoms with Crippen LogP contribution in [0.5, 0.6) is 0 Å². The zero-order valence-electron chi connectivity index (χ0n) is 18.1. The van der Waals surface area contributed by atoms with Crippen LogP contribution in [0, 0.1) is 6.92 Å². The van der Waals surface area contributed by atoms with Gasteiger partial charge >= 0.3 is 11.9 Å². The van der Waals surface area contributed by atoms with Crippen LogP contribution in [-0.2, 0) is 4.79 Å². The topological polar surface area (TPSA) is 96.8 Å². The van der Waals surface area contributed by atoms with Gasteiger partial charge in [0.1, 0.15) is 11.6 Å². The molecule has 7 heteroatoms. The van der Waals surface area contributed by atoms with Crippen molar-refractivity contribution in [2.45, 2.75) is 19.9 Å². The highest BCUT2D eigenvalue weighted by Gasteiger charge is 2.21. The number of hydrazone groups is 1. The van der Waals surface area contributed by atoms with E-state index in [9.17, 15) is 14.7 Å². The minimum Gasteiger partial charge on any atom is -0.480 e. The highest BCUT2D eigenvalue weighted by molar-refractivity contribution is 6.09. The largest absolute Gasteiger partial charge is 0.480 e. The van der Waals surface area contributed by atoms with E-state index in [0.29, 0.717) is 5.58 Å². The molecule has 0 fully saturated rings. The molecular weight excluding hydrogens is 418 g/mol. The van der Waals surface area contributed by atoms with Gasteiger partial charge in [-0.2, -0.15) is 5.10 Å². The summed E-state index contributed by atoms with van der Waals surface area (Å²) >= 11 is 0. The normalized spacial score (nSPS) is 12.7. The highest BCUT2D eigenvalue weighted by atomic mass is 16.4. The summed E-state index contributed by atoms with van der Waals surface area (Å²) in [4.78, 5) is 24.3. The second-order valence-electron chi connectivity index (χ2n) is 7.91. The van der Waals surface area contributed by atoms with Crippen LogP contribution in [-0.4, -0.2) is 27.8 Å². The van der Waals surface area contributed by atoms with Crippen LogP contribution >= 0.6 is 0 Å². The van der Waals surface area contributed by atoms with Gasteiger partial charge in [0.25, 0.3) is 0 Å². The molecule has 5 rings (SSSR count). The van der Waals surface area contributed by atoms with Gasteiger partial charge in [-0.1, -0.05) is 48.5 Å². The molecule has 0 radical (unpaired) electrons. The molecule has 2 N–H and O–H groups in total. The molecule has 0 bridgehead atoms. The molecule has 164 valence electrons. The number of hydrogen-bond acceptors (Lipinski definition) is 4. The molecule has 2 aromatic heterocycles. The lowest BCUT2D eigenvalue weighted by molar-refractivity contribution is -0.140. The van der Waals surface area contributed by atoms with E-state index in [4.69, 9.17) is 4.42 Å². The van der Waals surface area contributed by atoms with Crippen molar-refractivity contribution >= 4 is 50.7 Å². The van der Waals surface area contributed by atoms with Crippen LogP contribution < -0.4 is 5.43 Å². The quantitative estimate of drug-likeness (QED) is 0.288. The van der Waals surface area contributed by atoms with E-state index in [1.807, 2.05) is 67.6 Å². The average Bonchev–Trinajstić information content (AvgIpc) is 3.38. The Labute approximate surface area is 188 Å². The standard InChI is InChI=1S/C26H21N3O4/c1-15-21(19-9-5-6-10-22(19)29(15)16(2)26(31)32)14-27-28-25(30)24-13-20-18-8-4-3-7-17(18)11-12-23(20)33-24/h3-14,16H,1-2H3,(H,28,30)(H,31,32)/b27-14+. The van der Waals surface area contributed by atoms with Crippen molar-refractivity contribution in [3.05, 3.63) is 83.7 Å². The number of carbonyl (C=O) groups is 2. The zero-order valence-corrected chi connectivity index (χ0v) is 18.1. The maximum atomic E-state index is 12.7. The number of amides is 1. The lowest BCUT2D eigenvalue weighted by Gasteiger charge is -2.13. The average molecular weight is 439 g/mol. The Bertz CT molecular complexity index is 1580. The van der Waals surface area contributed by atoms with E-state index < -0.39 is 17.9 Å². The fraction of sp³-hybridized carbons (Fsp3) is 0.115. The monoisotopic (exact) mass is 439 g/mol. The van der Waals surface area contributed by atoms with Gasteiger partial charge in [-0.15, -0.1) is 0 Å². The van der Waals surface area contributed by atoms with Crippen LogP contribution in [0.1, 0.15) is 34.8 Å². The number of carbonyl (C=O) groups excluding carboxylic acids is 1. The summed E-state index contributed by atoms with van der Waals surface area (Å²) in [7, 11) is 0. The van der Waals surface area contributed by atoms with Gasteiger partial charge in [0.15, 0.2) is 5.76 Å². The number of carboxylic acids is 1. The minimum atomic E-state index is -0.923. The van der Waals surface area contributed by atoms with Crippen molar-refractivity contribution < 1.29 is 19.1 Å².